The lowest BCUT2D eigenvalue weighted by Crippen LogP contribution is -2.46. The van der Waals surface area contributed by atoms with Crippen molar-refractivity contribution in [3.05, 3.63) is 83.1 Å². The van der Waals surface area contributed by atoms with E-state index in [0.717, 1.165) is 46.7 Å². The zero-order valence-corrected chi connectivity index (χ0v) is 22.9. The lowest BCUT2D eigenvalue weighted by molar-refractivity contribution is -0.142. The highest BCUT2D eigenvalue weighted by Gasteiger charge is 2.37. The molecule has 2 aliphatic rings. The van der Waals surface area contributed by atoms with Gasteiger partial charge in [-0.3, -0.25) is 14.5 Å². The Labute approximate surface area is 232 Å². The van der Waals surface area contributed by atoms with E-state index in [4.69, 9.17) is 9.84 Å². The molecule has 2 aliphatic heterocycles. The first-order valence-electron chi connectivity index (χ1n) is 13.2. The fourth-order valence-electron chi connectivity index (χ4n) is 4.80. The van der Waals surface area contributed by atoms with Crippen LogP contribution in [0.2, 0.25) is 0 Å². The van der Waals surface area contributed by atoms with E-state index >= 15 is 0 Å². The number of hydrogen-bond donors (Lipinski definition) is 0. The molecule has 39 heavy (non-hydrogen) atoms. The number of ether oxygens (including phenoxy) is 1. The van der Waals surface area contributed by atoms with E-state index in [-0.39, 0.29) is 18.2 Å². The highest BCUT2D eigenvalue weighted by molar-refractivity contribution is 7.99. The summed E-state index contributed by atoms with van der Waals surface area (Å²) in [5.41, 5.74) is 3.89. The summed E-state index contributed by atoms with van der Waals surface area (Å²) < 4.78 is 7.47. The van der Waals surface area contributed by atoms with Gasteiger partial charge < -0.3 is 4.74 Å². The maximum absolute atomic E-state index is 13.7. The number of amides is 2. The van der Waals surface area contributed by atoms with Crippen molar-refractivity contribution in [2.75, 3.05) is 18.9 Å². The van der Waals surface area contributed by atoms with Gasteiger partial charge in [0.25, 0.3) is 11.8 Å². The first kappa shape index (κ1) is 26.7. The Morgan fingerprint density at radius 3 is 2.56 bits per heavy atom. The SMILES string of the molecule is CCCSc1ccc(-c2nn(-c3ccccc3)cc2/C=C2/C(=O)N(CC3CCCO3)C(=O)C(C#N)=C2C)cc1. The second-order valence-corrected chi connectivity index (χ2v) is 10.8. The van der Waals surface area contributed by atoms with Gasteiger partial charge >= 0.3 is 0 Å². The summed E-state index contributed by atoms with van der Waals surface area (Å²) in [6, 6.07) is 20.0. The van der Waals surface area contributed by atoms with Crippen molar-refractivity contribution in [1.29, 1.82) is 5.26 Å². The third kappa shape index (κ3) is 5.60. The summed E-state index contributed by atoms with van der Waals surface area (Å²) in [5, 5.41) is 14.7. The van der Waals surface area contributed by atoms with E-state index in [1.165, 1.54) is 4.90 Å². The fourth-order valence-corrected chi connectivity index (χ4v) is 5.57. The van der Waals surface area contributed by atoms with Crippen molar-refractivity contribution in [2.24, 2.45) is 0 Å². The maximum Gasteiger partial charge on any atom is 0.271 e. The van der Waals surface area contributed by atoms with Crippen LogP contribution in [0.1, 0.15) is 38.7 Å². The molecule has 198 valence electrons. The van der Waals surface area contributed by atoms with E-state index in [9.17, 15) is 14.9 Å². The molecule has 0 saturated carbocycles. The average molecular weight is 539 g/mol. The standard InChI is InChI=1S/C31H30N4O3S/c1-3-16-39-26-13-11-22(12-14-26)29-23(19-35(33-29)24-8-5-4-6-9-24)17-27-21(2)28(18-32)31(37)34(30(27)36)20-25-10-7-15-38-25/h4-6,8-9,11-14,17,19,25H,3,7,10,15-16,20H2,1-2H3/b27-17+. The van der Waals surface area contributed by atoms with Gasteiger partial charge in [-0.15, -0.1) is 11.8 Å². The number of imide groups is 1. The van der Waals surface area contributed by atoms with Gasteiger partial charge in [0.15, 0.2) is 0 Å². The van der Waals surface area contributed by atoms with Crippen LogP contribution in [0.3, 0.4) is 0 Å². The Kier molecular flexibility index (Phi) is 8.10. The number of para-hydroxylation sites is 1. The topological polar surface area (TPSA) is 88.2 Å². The second-order valence-electron chi connectivity index (χ2n) is 9.61. The van der Waals surface area contributed by atoms with Gasteiger partial charge in [-0.1, -0.05) is 37.3 Å². The zero-order chi connectivity index (χ0) is 27.4. The molecular formula is C31H30N4O3S. The number of benzene rings is 2. The Balaban J connectivity index is 1.59. The zero-order valence-electron chi connectivity index (χ0n) is 22.1. The summed E-state index contributed by atoms with van der Waals surface area (Å²) in [7, 11) is 0. The van der Waals surface area contributed by atoms with Crippen molar-refractivity contribution in [3.63, 3.8) is 0 Å². The molecule has 8 heteroatoms. The summed E-state index contributed by atoms with van der Waals surface area (Å²) >= 11 is 1.81. The molecule has 2 aromatic carbocycles. The molecular weight excluding hydrogens is 508 g/mol. The summed E-state index contributed by atoms with van der Waals surface area (Å²) in [6.45, 7) is 4.57. The molecule has 0 radical (unpaired) electrons. The average Bonchev–Trinajstić information content (AvgIpc) is 3.64. The van der Waals surface area contributed by atoms with Gasteiger partial charge in [-0.05, 0) is 67.9 Å². The van der Waals surface area contributed by atoms with Crippen molar-refractivity contribution in [3.8, 4) is 23.0 Å². The van der Waals surface area contributed by atoms with Gasteiger partial charge in [0.05, 0.1) is 24.0 Å². The smallest absolute Gasteiger partial charge is 0.271 e. The highest BCUT2D eigenvalue weighted by Crippen LogP contribution is 2.32. The van der Waals surface area contributed by atoms with Gasteiger partial charge in [0, 0.05) is 34.4 Å². The van der Waals surface area contributed by atoms with Crippen LogP contribution in [0, 0.1) is 11.3 Å². The van der Waals surface area contributed by atoms with Crippen LogP contribution in [0.15, 0.2) is 82.4 Å². The van der Waals surface area contributed by atoms with Crippen LogP contribution in [-0.2, 0) is 14.3 Å². The monoisotopic (exact) mass is 538 g/mol. The van der Waals surface area contributed by atoms with Crippen LogP contribution >= 0.6 is 11.8 Å². The summed E-state index contributed by atoms with van der Waals surface area (Å²) in [6.07, 6.45) is 6.20. The van der Waals surface area contributed by atoms with E-state index in [0.29, 0.717) is 23.4 Å². The third-order valence-corrected chi connectivity index (χ3v) is 8.12. The molecule has 3 aromatic rings. The number of carbonyl (C=O) groups is 2. The van der Waals surface area contributed by atoms with E-state index in [2.05, 4.69) is 19.1 Å². The number of hydrogen-bond acceptors (Lipinski definition) is 6. The molecule has 5 rings (SSSR count). The molecule has 0 bridgehead atoms. The number of aromatic nitrogens is 2. The first-order valence-corrected chi connectivity index (χ1v) is 14.2. The molecule has 1 fully saturated rings. The predicted octanol–water partition coefficient (Wildman–Crippen LogP) is 5.81. The molecule has 0 spiro atoms. The number of carbonyl (C=O) groups excluding carboxylic acids is 2. The van der Waals surface area contributed by atoms with Gasteiger partial charge in [-0.25, -0.2) is 4.68 Å². The molecule has 0 N–H and O–H groups in total. The van der Waals surface area contributed by atoms with Crippen molar-refractivity contribution < 1.29 is 14.3 Å². The number of thioether (sulfide) groups is 1. The Morgan fingerprint density at radius 2 is 1.90 bits per heavy atom. The molecule has 3 heterocycles. The Morgan fingerprint density at radius 1 is 1.13 bits per heavy atom. The lowest BCUT2D eigenvalue weighted by Gasteiger charge is -2.29. The minimum atomic E-state index is -0.562. The van der Waals surface area contributed by atoms with Crippen LogP contribution in [-0.4, -0.2) is 51.5 Å². The quantitative estimate of drug-likeness (QED) is 0.204. The highest BCUT2D eigenvalue weighted by atomic mass is 32.2. The molecule has 1 aromatic heterocycles. The minimum absolute atomic E-state index is 0.0202. The lowest BCUT2D eigenvalue weighted by atomic mass is 9.93. The first-order chi connectivity index (χ1) is 19.0. The molecule has 7 nitrogen and oxygen atoms in total. The summed E-state index contributed by atoms with van der Waals surface area (Å²) in [4.78, 5) is 29.1. The number of nitrogens with zero attached hydrogens (tertiary/aromatic N) is 4. The van der Waals surface area contributed by atoms with Crippen LogP contribution in [0.25, 0.3) is 23.0 Å². The number of rotatable bonds is 8. The van der Waals surface area contributed by atoms with Gasteiger partial charge in [-0.2, -0.15) is 10.4 Å². The Bertz CT molecular complexity index is 1480. The Hall–Kier alpha value is -3.93. The number of nitriles is 1. The maximum atomic E-state index is 13.7. The predicted molar refractivity (Wildman–Crippen MR) is 152 cm³/mol. The largest absolute Gasteiger partial charge is 0.376 e. The third-order valence-electron chi connectivity index (χ3n) is 6.90. The molecule has 1 atom stereocenters. The van der Waals surface area contributed by atoms with Crippen molar-refractivity contribution >= 4 is 29.7 Å². The van der Waals surface area contributed by atoms with Gasteiger partial charge in [0.1, 0.15) is 11.6 Å². The molecule has 0 aliphatic carbocycles. The molecule has 2 amide bonds. The van der Waals surface area contributed by atoms with Crippen molar-refractivity contribution in [1.82, 2.24) is 14.7 Å². The van der Waals surface area contributed by atoms with Crippen LogP contribution in [0.4, 0.5) is 0 Å². The normalized spacial score (nSPS) is 18.7. The van der Waals surface area contributed by atoms with Crippen molar-refractivity contribution in [2.45, 2.75) is 44.1 Å². The summed E-state index contributed by atoms with van der Waals surface area (Å²) in [5.74, 6) is 0.0693. The second kappa shape index (κ2) is 11.9. The minimum Gasteiger partial charge on any atom is -0.376 e. The van der Waals surface area contributed by atoms with Gasteiger partial charge in [0.2, 0.25) is 0 Å². The van der Waals surface area contributed by atoms with Crippen LogP contribution in [0.5, 0.6) is 0 Å². The van der Waals surface area contributed by atoms with E-state index < -0.39 is 11.8 Å². The fraction of sp³-hybridized carbons (Fsp3) is 0.290. The molecule has 1 saturated heterocycles. The van der Waals surface area contributed by atoms with Crippen LogP contribution < -0.4 is 0 Å². The van der Waals surface area contributed by atoms with E-state index in [1.54, 1.807) is 17.7 Å². The van der Waals surface area contributed by atoms with E-state index in [1.807, 2.05) is 66.5 Å². The molecule has 1 unspecified atom stereocenters.